The van der Waals surface area contributed by atoms with Crippen molar-refractivity contribution in [1.29, 1.82) is 0 Å². The summed E-state index contributed by atoms with van der Waals surface area (Å²) in [4.78, 5) is 0. The van der Waals surface area contributed by atoms with Crippen LogP contribution in [0.5, 0.6) is 5.75 Å². The van der Waals surface area contributed by atoms with Gasteiger partial charge in [-0.3, -0.25) is 0 Å². The molecular formula is C12H16F3NO. The smallest absolute Gasteiger partial charge is 0.390 e. The van der Waals surface area contributed by atoms with Crippen LogP contribution in [0, 0.1) is 0 Å². The monoisotopic (exact) mass is 247 g/mol. The Hall–Kier alpha value is -1.23. The van der Waals surface area contributed by atoms with Crippen LogP contribution in [-0.4, -0.2) is 12.8 Å². The summed E-state index contributed by atoms with van der Waals surface area (Å²) in [6.45, 7) is 2.50. The maximum atomic E-state index is 12.2. The van der Waals surface area contributed by atoms with Crippen molar-refractivity contribution >= 4 is 0 Å². The maximum absolute atomic E-state index is 12.2. The zero-order valence-electron chi connectivity index (χ0n) is 9.63. The third kappa shape index (κ3) is 5.08. The molecule has 0 saturated carbocycles. The van der Waals surface area contributed by atoms with E-state index in [1.54, 1.807) is 24.3 Å². The van der Waals surface area contributed by atoms with Gasteiger partial charge in [-0.2, -0.15) is 13.2 Å². The van der Waals surface area contributed by atoms with Crippen molar-refractivity contribution in [2.45, 2.75) is 32.0 Å². The molecule has 0 fully saturated rings. The second-order valence-electron chi connectivity index (χ2n) is 3.85. The number of alkyl halides is 3. The van der Waals surface area contributed by atoms with Gasteiger partial charge in [0, 0.05) is 6.04 Å². The number of nitrogens with two attached hydrogens (primary N) is 1. The fraction of sp³-hybridized carbons (Fsp3) is 0.500. The molecule has 0 saturated heterocycles. The largest absolute Gasteiger partial charge is 0.494 e. The molecule has 17 heavy (non-hydrogen) atoms. The van der Waals surface area contributed by atoms with Gasteiger partial charge >= 0.3 is 6.18 Å². The Kier molecular flexibility index (Phi) is 4.81. The molecule has 0 heterocycles. The average Bonchev–Trinajstić information content (AvgIpc) is 2.24. The minimum absolute atomic E-state index is 0.441. The lowest BCUT2D eigenvalue weighted by Crippen LogP contribution is -2.20. The normalized spacial score (nSPS) is 13.5. The second kappa shape index (κ2) is 5.91. The second-order valence-corrected chi connectivity index (χ2v) is 3.85. The lowest BCUT2D eigenvalue weighted by Gasteiger charge is -2.15. The average molecular weight is 247 g/mol. The lowest BCUT2D eigenvalue weighted by atomic mass is 10.0. The van der Waals surface area contributed by atoms with Crippen molar-refractivity contribution in [3.63, 3.8) is 0 Å². The van der Waals surface area contributed by atoms with Crippen LogP contribution in [0.4, 0.5) is 13.2 Å². The van der Waals surface area contributed by atoms with Crippen LogP contribution in [0.1, 0.15) is 31.4 Å². The summed E-state index contributed by atoms with van der Waals surface area (Å²) in [5, 5.41) is 0. The maximum Gasteiger partial charge on any atom is 0.390 e. The quantitative estimate of drug-likeness (QED) is 0.865. The van der Waals surface area contributed by atoms with E-state index in [0.717, 1.165) is 6.42 Å². The van der Waals surface area contributed by atoms with Crippen LogP contribution >= 0.6 is 0 Å². The number of ether oxygens (including phenoxy) is 1. The first-order chi connectivity index (χ1) is 7.92. The Morgan fingerprint density at radius 2 is 2.06 bits per heavy atom. The minimum Gasteiger partial charge on any atom is -0.494 e. The molecule has 0 amide bonds. The zero-order chi connectivity index (χ0) is 12.9. The molecule has 1 rings (SSSR count). The fourth-order valence-corrected chi connectivity index (χ4v) is 1.42. The van der Waals surface area contributed by atoms with E-state index in [0.29, 0.717) is 17.9 Å². The van der Waals surface area contributed by atoms with E-state index in [-0.39, 0.29) is 0 Å². The Morgan fingerprint density at radius 1 is 1.35 bits per heavy atom. The lowest BCUT2D eigenvalue weighted by molar-refractivity contribution is -0.138. The van der Waals surface area contributed by atoms with Gasteiger partial charge in [0.15, 0.2) is 0 Å². The van der Waals surface area contributed by atoms with Gasteiger partial charge in [0.1, 0.15) is 5.75 Å². The molecule has 0 aliphatic heterocycles. The number of halogens is 3. The molecule has 0 aliphatic rings. The fourth-order valence-electron chi connectivity index (χ4n) is 1.42. The molecule has 0 aliphatic carbocycles. The summed E-state index contributed by atoms with van der Waals surface area (Å²) in [6.07, 6.45) is -4.43. The highest BCUT2D eigenvalue weighted by Crippen LogP contribution is 2.29. The molecule has 0 bridgehead atoms. The predicted molar refractivity (Wildman–Crippen MR) is 59.8 cm³/mol. The van der Waals surface area contributed by atoms with E-state index in [9.17, 15) is 13.2 Å². The first-order valence-corrected chi connectivity index (χ1v) is 5.47. The van der Waals surface area contributed by atoms with Crippen LogP contribution in [0.15, 0.2) is 24.3 Å². The van der Waals surface area contributed by atoms with E-state index in [1.807, 2.05) is 6.92 Å². The number of hydrogen-bond donors (Lipinski definition) is 1. The van der Waals surface area contributed by atoms with Crippen molar-refractivity contribution in [2.75, 3.05) is 6.61 Å². The van der Waals surface area contributed by atoms with Crippen LogP contribution in [0.25, 0.3) is 0 Å². The number of benzene rings is 1. The van der Waals surface area contributed by atoms with Gasteiger partial charge in [-0.05, 0) is 24.1 Å². The summed E-state index contributed by atoms with van der Waals surface area (Å²) in [7, 11) is 0. The van der Waals surface area contributed by atoms with Gasteiger partial charge in [0.05, 0.1) is 13.0 Å². The predicted octanol–water partition coefficient (Wildman–Crippen LogP) is 3.43. The molecule has 0 spiro atoms. The molecule has 1 aromatic rings. The molecular weight excluding hydrogens is 231 g/mol. The SMILES string of the molecule is CCCOc1cccc(C(N)CC(F)(F)F)c1. The van der Waals surface area contributed by atoms with Crippen LogP contribution < -0.4 is 10.5 Å². The van der Waals surface area contributed by atoms with Gasteiger partial charge in [0.25, 0.3) is 0 Å². The van der Waals surface area contributed by atoms with Crippen LogP contribution in [0.2, 0.25) is 0 Å². The summed E-state index contributed by atoms with van der Waals surface area (Å²) in [6, 6.07) is 5.46. The summed E-state index contributed by atoms with van der Waals surface area (Å²) in [5.74, 6) is 0.557. The van der Waals surface area contributed by atoms with E-state index in [4.69, 9.17) is 10.5 Å². The first kappa shape index (κ1) is 13.8. The van der Waals surface area contributed by atoms with Gasteiger partial charge in [0.2, 0.25) is 0 Å². The number of hydrogen-bond acceptors (Lipinski definition) is 2. The Balaban J connectivity index is 2.70. The van der Waals surface area contributed by atoms with Gasteiger partial charge in [-0.15, -0.1) is 0 Å². The Morgan fingerprint density at radius 3 is 2.65 bits per heavy atom. The summed E-state index contributed by atoms with van der Waals surface area (Å²) < 4.78 is 41.9. The Labute approximate surface area is 98.6 Å². The van der Waals surface area contributed by atoms with Crippen molar-refractivity contribution in [1.82, 2.24) is 0 Å². The van der Waals surface area contributed by atoms with E-state index in [2.05, 4.69) is 0 Å². The highest BCUT2D eigenvalue weighted by molar-refractivity contribution is 5.30. The topological polar surface area (TPSA) is 35.2 Å². The van der Waals surface area contributed by atoms with Crippen molar-refractivity contribution in [2.24, 2.45) is 5.73 Å². The number of rotatable bonds is 5. The van der Waals surface area contributed by atoms with Gasteiger partial charge < -0.3 is 10.5 Å². The molecule has 0 radical (unpaired) electrons. The van der Waals surface area contributed by atoms with Gasteiger partial charge in [-0.25, -0.2) is 0 Å². The van der Waals surface area contributed by atoms with E-state index >= 15 is 0 Å². The molecule has 1 aromatic carbocycles. The third-order valence-electron chi connectivity index (χ3n) is 2.21. The standard InChI is InChI=1S/C12H16F3NO/c1-2-6-17-10-5-3-4-9(7-10)11(16)8-12(13,14)15/h3-5,7,11H,2,6,8,16H2,1H3. The summed E-state index contributed by atoms with van der Waals surface area (Å²) in [5.41, 5.74) is 5.94. The van der Waals surface area contributed by atoms with E-state index in [1.165, 1.54) is 0 Å². The highest BCUT2D eigenvalue weighted by atomic mass is 19.4. The highest BCUT2D eigenvalue weighted by Gasteiger charge is 2.30. The first-order valence-electron chi connectivity index (χ1n) is 5.47. The minimum atomic E-state index is -4.25. The molecule has 1 unspecified atom stereocenters. The van der Waals surface area contributed by atoms with E-state index < -0.39 is 18.6 Å². The van der Waals surface area contributed by atoms with Crippen LogP contribution in [0.3, 0.4) is 0 Å². The molecule has 2 N–H and O–H groups in total. The van der Waals surface area contributed by atoms with Crippen molar-refractivity contribution in [3.8, 4) is 5.75 Å². The molecule has 5 heteroatoms. The van der Waals surface area contributed by atoms with Gasteiger partial charge in [-0.1, -0.05) is 19.1 Å². The molecule has 2 nitrogen and oxygen atoms in total. The third-order valence-corrected chi connectivity index (χ3v) is 2.21. The molecule has 1 atom stereocenters. The summed E-state index contributed by atoms with van der Waals surface area (Å²) >= 11 is 0. The zero-order valence-corrected chi connectivity index (χ0v) is 9.63. The Bertz CT molecular complexity index is 352. The molecule has 96 valence electrons. The molecule has 0 aromatic heterocycles. The van der Waals surface area contributed by atoms with Crippen molar-refractivity contribution < 1.29 is 17.9 Å². The van der Waals surface area contributed by atoms with Crippen molar-refractivity contribution in [3.05, 3.63) is 29.8 Å². The van der Waals surface area contributed by atoms with Crippen LogP contribution in [-0.2, 0) is 0 Å².